The molecule has 14 heavy (non-hydrogen) atoms. The highest BCUT2D eigenvalue weighted by atomic mass is 16.3. The highest BCUT2D eigenvalue weighted by Crippen LogP contribution is 2.08. The Morgan fingerprint density at radius 1 is 1.43 bits per heavy atom. The second-order valence-corrected chi connectivity index (χ2v) is 2.77. The Labute approximate surface area is 79.9 Å². The summed E-state index contributed by atoms with van der Waals surface area (Å²) < 4.78 is 1.68. The van der Waals surface area contributed by atoms with E-state index in [1.165, 1.54) is 0 Å². The molecule has 0 atom stereocenters. The second kappa shape index (κ2) is 3.93. The summed E-state index contributed by atoms with van der Waals surface area (Å²) in [5.74, 6) is 0. The van der Waals surface area contributed by atoms with Gasteiger partial charge in [0.15, 0.2) is 0 Å². The van der Waals surface area contributed by atoms with Crippen molar-refractivity contribution in [2.75, 3.05) is 6.67 Å². The summed E-state index contributed by atoms with van der Waals surface area (Å²) >= 11 is 0. The zero-order chi connectivity index (χ0) is 9.80. The number of hydrogen-bond acceptors (Lipinski definition) is 5. The normalized spacial score (nSPS) is 10.6. The Morgan fingerprint density at radius 3 is 3.14 bits per heavy atom. The summed E-state index contributed by atoms with van der Waals surface area (Å²) in [6, 6.07) is 7.63. The van der Waals surface area contributed by atoms with Gasteiger partial charge in [-0.1, -0.05) is 22.5 Å². The number of benzene rings is 1. The average molecular weight is 191 g/mol. The molecule has 2 rings (SSSR count). The number of hydrogen-bond donors (Lipinski definition) is 1. The van der Waals surface area contributed by atoms with Gasteiger partial charge in [-0.25, -0.2) is 4.68 Å². The van der Waals surface area contributed by atoms with E-state index < -0.39 is 0 Å². The quantitative estimate of drug-likeness (QED) is 0.570. The lowest BCUT2D eigenvalue weighted by Gasteiger charge is -2.00. The molecule has 72 valence electrons. The van der Waals surface area contributed by atoms with E-state index >= 15 is 0 Å². The van der Waals surface area contributed by atoms with Crippen molar-refractivity contribution in [2.45, 2.75) is 6.67 Å². The van der Waals surface area contributed by atoms with Crippen LogP contribution >= 0.6 is 0 Å². The lowest BCUT2D eigenvalue weighted by molar-refractivity contribution is 0.518. The Bertz CT molecular complexity index is 438. The van der Waals surface area contributed by atoms with E-state index in [2.05, 4.69) is 20.8 Å². The van der Waals surface area contributed by atoms with Gasteiger partial charge < -0.3 is 0 Å². The van der Waals surface area contributed by atoms with Crippen molar-refractivity contribution in [2.24, 2.45) is 5.18 Å². The first-order valence-corrected chi connectivity index (χ1v) is 4.20. The lowest BCUT2D eigenvalue weighted by Crippen LogP contribution is -2.19. The number of fused-ring (bicyclic) bond motifs is 1. The van der Waals surface area contributed by atoms with E-state index in [-0.39, 0.29) is 6.67 Å². The zero-order valence-electron chi connectivity index (χ0n) is 7.42. The SMILES string of the molecule is O=NCNCn1nnc2ccccc21. The molecule has 0 spiro atoms. The van der Waals surface area contributed by atoms with Crippen LogP contribution in [0, 0.1) is 4.91 Å². The Hall–Kier alpha value is -1.82. The van der Waals surface area contributed by atoms with E-state index in [1.54, 1.807) is 4.68 Å². The molecule has 0 aliphatic heterocycles. The van der Waals surface area contributed by atoms with Crippen molar-refractivity contribution in [1.82, 2.24) is 20.3 Å². The highest BCUT2D eigenvalue weighted by Gasteiger charge is 2.01. The maximum Gasteiger partial charge on any atom is 0.132 e. The number of nitrogens with one attached hydrogen (secondary N) is 1. The molecule has 0 bridgehead atoms. The molecule has 1 aromatic carbocycles. The van der Waals surface area contributed by atoms with Crippen LogP contribution in [0.25, 0.3) is 11.0 Å². The van der Waals surface area contributed by atoms with Crippen LogP contribution in [0.2, 0.25) is 0 Å². The molecule has 1 N–H and O–H groups in total. The van der Waals surface area contributed by atoms with Crippen molar-refractivity contribution in [3.63, 3.8) is 0 Å². The molecule has 6 heteroatoms. The molecular weight excluding hydrogens is 182 g/mol. The van der Waals surface area contributed by atoms with Crippen LogP contribution in [0.3, 0.4) is 0 Å². The van der Waals surface area contributed by atoms with Gasteiger partial charge in [0.2, 0.25) is 0 Å². The van der Waals surface area contributed by atoms with E-state index in [0.29, 0.717) is 6.67 Å². The van der Waals surface area contributed by atoms with Crippen LogP contribution in [0.5, 0.6) is 0 Å². The fraction of sp³-hybridized carbons (Fsp3) is 0.250. The predicted molar refractivity (Wildman–Crippen MR) is 51.3 cm³/mol. The van der Waals surface area contributed by atoms with Crippen LogP contribution in [-0.4, -0.2) is 21.7 Å². The average Bonchev–Trinajstić information content (AvgIpc) is 2.63. The molecule has 0 amide bonds. The second-order valence-electron chi connectivity index (χ2n) is 2.77. The molecule has 2 aromatic rings. The highest BCUT2D eigenvalue weighted by molar-refractivity contribution is 5.73. The van der Waals surface area contributed by atoms with Gasteiger partial charge >= 0.3 is 0 Å². The molecular formula is C8H9N5O. The van der Waals surface area contributed by atoms with Crippen LogP contribution < -0.4 is 5.32 Å². The van der Waals surface area contributed by atoms with Crippen molar-refractivity contribution in [1.29, 1.82) is 0 Å². The molecule has 0 fully saturated rings. The topological polar surface area (TPSA) is 72.2 Å². The minimum Gasteiger partial charge on any atom is -0.276 e. The number of rotatable bonds is 4. The van der Waals surface area contributed by atoms with Crippen molar-refractivity contribution < 1.29 is 0 Å². The van der Waals surface area contributed by atoms with Gasteiger partial charge in [0, 0.05) is 0 Å². The Morgan fingerprint density at radius 2 is 2.29 bits per heavy atom. The van der Waals surface area contributed by atoms with E-state index in [4.69, 9.17) is 0 Å². The third kappa shape index (κ3) is 1.60. The number of para-hydroxylation sites is 1. The summed E-state index contributed by atoms with van der Waals surface area (Å²) in [4.78, 5) is 9.84. The van der Waals surface area contributed by atoms with Gasteiger partial charge in [-0.3, -0.25) is 5.32 Å². The lowest BCUT2D eigenvalue weighted by atomic mass is 10.3. The first-order chi connectivity index (χ1) is 6.92. The van der Waals surface area contributed by atoms with E-state index in [1.807, 2.05) is 24.3 Å². The molecule has 0 saturated carbocycles. The maximum atomic E-state index is 9.84. The molecule has 0 aliphatic carbocycles. The molecule has 6 nitrogen and oxygen atoms in total. The molecule has 0 radical (unpaired) electrons. The summed E-state index contributed by atoms with van der Waals surface area (Å²) in [6.45, 7) is 0.514. The Kier molecular flexibility index (Phi) is 2.46. The summed E-state index contributed by atoms with van der Waals surface area (Å²) in [7, 11) is 0. The fourth-order valence-corrected chi connectivity index (χ4v) is 1.24. The van der Waals surface area contributed by atoms with Gasteiger partial charge in [-0.05, 0) is 12.1 Å². The van der Waals surface area contributed by atoms with Crippen LogP contribution in [0.4, 0.5) is 0 Å². The zero-order valence-corrected chi connectivity index (χ0v) is 7.42. The van der Waals surface area contributed by atoms with Gasteiger partial charge in [-0.15, -0.1) is 10.0 Å². The van der Waals surface area contributed by atoms with Crippen molar-refractivity contribution in [3.05, 3.63) is 29.2 Å². The smallest absolute Gasteiger partial charge is 0.132 e. The largest absolute Gasteiger partial charge is 0.276 e. The molecule has 1 aromatic heterocycles. The summed E-state index contributed by atoms with van der Waals surface area (Å²) in [6.07, 6.45) is 0. The fourth-order valence-electron chi connectivity index (χ4n) is 1.24. The molecule has 0 saturated heterocycles. The van der Waals surface area contributed by atoms with Gasteiger partial charge in [0.05, 0.1) is 12.2 Å². The van der Waals surface area contributed by atoms with E-state index in [9.17, 15) is 4.91 Å². The third-order valence-electron chi connectivity index (χ3n) is 1.86. The first kappa shape index (κ1) is 8.76. The van der Waals surface area contributed by atoms with E-state index in [0.717, 1.165) is 11.0 Å². The minimum atomic E-state index is 0.0776. The maximum absolute atomic E-state index is 9.84. The third-order valence-corrected chi connectivity index (χ3v) is 1.86. The van der Waals surface area contributed by atoms with Crippen molar-refractivity contribution >= 4 is 11.0 Å². The van der Waals surface area contributed by atoms with Gasteiger partial charge in [-0.2, -0.15) is 0 Å². The Balaban J connectivity index is 2.20. The standard InChI is InChI=1S/C8H9N5O/c14-10-5-9-6-13-8-4-2-1-3-7(8)11-12-13/h1-4,9H,5-6H2. The van der Waals surface area contributed by atoms with Gasteiger partial charge in [0.1, 0.15) is 12.2 Å². The molecule has 0 unspecified atom stereocenters. The number of nitroso groups, excluding NO2 is 1. The number of nitrogens with zero attached hydrogens (tertiary/aromatic N) is 4. The van der Waals surface area contributed by atoms with Crippen LogP contribution in [0.1, 0.15) is 0 Å². The summed E-state index contributed by atoms with van der Waals surface area (Å²) in [5.41, 5.74) is 1.78. The van der Waals surface area contributed by atoms with Crippen LogP contribution in [0.15, 0.2) is 29.4 Å². The first-order valence-electron chi connectivity index (χ1n) is 4.20. The molecule has 1 heterocycles. The minimum absolute atomic E-state index is 0.0776. The number of aromatic nitrogens is 3. The van der Waals surface area contributed by atoms with Crippen molar-refractivity contribution in [3.8, 4) is 0 Å². The van der Waals surface area contributed by atoms with Crippen LogP contribution in [-0.2, 0) is 6.67 Å². The predicted octanol–water partition coefficient (Wildman–Crippen LogP) is 0.702. The molecule has 0 aliphatic rings. The van der Waals surface area contributed by atoms with Gasteiger partial charge in [0.25, 0.3) is 0 Å². The summed E-state index contributed by atoms with van der Waals surface area (Å²) in [5, 5.41) is 13.4. The monoisotopic (exact) mass is 191 g/mol.